The van der Waals surface area contributed by atoms with Crippen LogP contribution in [0.3, 0.4) is 0 Å². The average molecular weight is 218 g/mol. The lowest BCUT2D eigenvalue weighted by molar-refractivity contribution is 0.691. The van der Waals surface area contributed by atoms with Crippen LogP contribution in [0.2, 0.25) is 5.04 Å². The van der Waals surface area contributed by atoms with Crippen LogP contribution in [0.15, 0.2) is 24.3 Å². The minimum atomic E-state index is 0.769. The third-order valence-electron chi connectivity index (χ3n) is 4.75. The summed E-state index contributed by atoms with van der Waals surface area (Å²) in [4.78, 5) is 0. The van der Waals surface area contributed by atoms with Gasteiger partial charge in [-0.05, 0) is 61.3 Å². The first-order valence-electron chi connectivity index (χ1n) is 6.61. The SMILES string of the molecule is C1=CC2CCC1C2.[SiH3]C12C=CC(CC1)C2. The molecule has 2 saturated carbocycles. The van der Waals surface area contributed by atoms with Crippen LogP contribution in [0.1, 0.15) is 38.5 Å². The Morgan fingerprint density at radius 1 is 0.933 bits per heavy atom. The van der Waals surface area contributed by atoms with Gasteiger partial charge in [-0.1, -0.05) is 24.3 Å². The molecule has 0 aliphatic heterocycles. The molecule has 4 bridgehead atoms. The Kier molecular flexibility index (Phi) is 2.39. The fourth-order valence-corrected chi connectivity index (χ4v) is 4.72. The summed E-state index contributed by atoms with van der Waals surface area (Å²) in [7, 11) is 1.39. The van der Waals surface area contributed by atoms with Gasteiger partial charge in [0, 0.05) is 10.2 Å². The molecular weight excluding hydrogens is 196 g/mol. The maximum Gasteiger partial charge on any atom is 0.0154 e. The van der Waals surface area contributed by atoms with Gasteiger partial charge in [0.05, 0.1) is 0 Å². The van der Waals surface area contributed by atoms with Crippen LogP contribution in [-0.2, 0) is 0 Å². The second-order valence-electron chi connectivity index (χ2n) is 6.23. The van der Waals surface area contributed by atoms with Crippen LogP contribution >= 0.6 is 0 Å². The summed E-state index contributed by atoms with van der Waals surface area (Å²) in [6.45, 7) is 0. The van der Waals surface area contributed by atoms with Crippen LogP contribution in [0.25, 0.3) is 0 Å². The Morgan fingerprint density at radius 3 is 1.80 bits per heavy atom. The molecule has 4 rings (SSSR count). The number of hydrogen-bond donors (Lipinski definition) is 0. The first-order valence-corrected chi connectivity index (χ1v) is 7.61. The molecule has 0 saturated heterocycles. The fourth-order valence-electron chi connectivity index (χ4n) is 3.72. The molecule has 4 aliphatic rings. The zero-order chi connectivity index (χ0) is 10.3. The Balaban J connectivity index is 0.0000000971. The first kappa shape index (κ1) is 9.89. The van der Waals surface area contributed by atoms with Crippen molar-refractivity contribution in [2.45, 2.75) is 43.6 Å². The summed E-state index contributed by atoms with van der Waals surface area (Å²) in [6, 6.07) is 0. The lowest BCUT2D eigenvalue weighted by Gasteiger charge is -2.14. The Bertz CT molecular complexity index is 292. The van der Waals surface area contributed by atoms with Gasteiger partial charge >= 0.3 is 0 Å². The molecule has 4 unspecified atom stereocenters. The highest BCUT2D eigenvalue weighted by atomic mass is 28.1. The van der Waals surface area contributed by atoms with Gasteiger partial charge in [0.15, 0.2) is 0 Å². The third kappa shape index (κ3) is 1.99. The molecule has 0 N–H and O–H groups in total. The van der Waals surface area contributed by atoms with Crippen molar-refractivity contribution in [2.75, 3.05) is 0 Å². The summed E-state index contributed by atoms with van der Waals surface area (Å²) in [5, 5.41) is 0.769. The maximum absolute atomic E-state index is 2.47. The molecule has 0 aromatic carbocycles. The minimum absolute atomic E-state index is 0.769. The highest BCUT2D eigenvalue weighted by molar-refractivity contribution is 6.17. The predicted molar refractivity (Wildman–Crippen MR) is 69.1 cm³/mol. The topological polar surface area (TPSA) is 0 Å². The molecule has 0 radical (unpaired) electrons. The van der Waals surface area contributed by atoms with E-state index in [0.717, 1.165) is 22.8 Å². The summed E-state index contributed by atoms with van der Waals surface area (Å²) in [5.74, 6) is 2.97. The molecule has 82 valence electrons. The van der Waals surface area contributed by atoms with Gasteiger partial charge in [-0.25, -0.2) is 0 Å². The summed E-state index contributed by atoms with van der Waals surface area (Å²) in [5.41, 5.74) is 0. The van der Waals surface area contributed by atoms with Gasteiger partial charge in [0.2, 0.25) is 0 Å². The van der Waals surface area contributed by atoms with E-state index < -0.39 is 0 Å². The van der Waals surface area contributed by atoms with E-state index in [9.17, 15) is 0 Å². The molecule has 15 heavy (non-hydrogen) atoms. The van der Waals surface area contributed by atoms with Gasteiger partial charge in [0.1, 0.15) is 0 Å². The van der Waals surface area contributed by atoms with Gasteiger partial charge in [0.25, 0.3) is 0 Å². The van der Waals surface area contributed by atoms with E-state index in [-0.39, 0.29) is 0 Å². The zero-order valence-corrected chi connectivity index (χ0v) is 11.8. The summed E-state index contributed by atoms with van der Waals surface area (Å²) in [6.07, 6.45) is 18.6. The molecule has 4 atom stereocenters. The smallest absolute Gasteiger partial charge is 0.0154 e. The van der Waals surface area contributed by atoms with Gasteiger partial charge < -0.3 is 0 Å². The van der Waals surface area contributed by atoms with Crippen molar-refractivity contribution in [3.05, 3.63) is 24.3 Å². The minimum Gasteiger partial charge on any atom is -0.0857 e. The number of rotatable bonds is 0. The molecule has 0 amide bonds. The van der Waals surface area contributed by atoms with Crippen molar-refractivity contribution in [1.82, 2.24) is 0 Å². The monoisotopic (exact) mass is 218 g/mol. The molecule has 4 aliphatic carbocycles. The van der Waals surface area contributed by atoms with E-state index in [1.165, 1.54) is 48.8 Å². The van der Waals surface area contributed by atoms with Crippen molar-refractivity contribution in [3.8, 4) is 0 Å². The summed E-state index contributed by atoms with van der Waals surface area (Å²) < 4.78 is 0. The molecule has 2 fully saturated rings. The highest BCUT2D eigenvalue weighted by Gasteiger charge is 2.35. The quantitative estimate of drug-likeness (QED) is 0.433. The fraction of sp³-hybridized carbons (Fsp3) is 0.714. The van der Waals surface area contributed by atoms with Gasteiger partial charge in [-0.3, -0.25) is 0 Å². The molecule has 0 aromatic heterocycles. The molecule has 0 nitrogen and oxygen atoms in total. The Labute approximate surface area is 96.3 Å². The van der Waals surface area contributed by atoms with Gasteiger partial charge in [-0.2, -0.15) is 0 Å². The average Bonchev–Trinajstić information content (AvgIpc) is 2.97. The van der Waals surface area contributed by atoms with Crippen LogP contribution in [0.5, 0.6) is 0 Å². The highest BCUT2D eigenvalue weighted by Crippen LogP contribution is 2.52. The number of fused-ring (bicyclic) bond motifs is 4. The van der Waals surface area contributed by atoms with Crippen molar-refractivity contribution in [3.63, 3.8) is 0 Å². The van der Waals surface area contributed by atoms with Crippen molar-refractivity contribution < 1.29 is 0 Å². The molecule has 1 heteroatoms. The van der Waals surface area contributed by atoms with Crippen LogP contribution in [0.4, 0.5) is 0 Å². The largest absolute Gasteiger partial charge is 0.0857 e. The molecule has 0 spiro atoms. The van der Waals surface area contributed by atoms with Crippen molar-refractivity contribution in [2.24, 2.45) is 17.8 Å². The van der Waals surface area contributed by atoms with E-state index >= 15 is 0 Å². The number of allylic oxidation sites excluding steroid dienone is 4. The van der Waals surface area contributed by atoms with E-state index in [2.05, 4.69) is 24.3 Å². The van der Waals surface area contributed by atoms with Crippen LogP contribution in [-0.4, -0.2) is 10.2 Å². The van der Waals surface area contributed by atoms with Gasteiger partial charge in [-0.15, -0.1) is 0 Å². The summed E-state index contributed by atoms with van der Waals surface area (Å²) >= 11 is 0. The standard InChI is InChI=1S/C7H12Si.C7H10/c8-7-3-1-6(5-7)2-4-7;1-2-7-4-3-6(1)5-7/h1,3,6H,2,4-5H2,8H3;1-2,6-7H,3-5H2. The molecular formula is C14H22Si. The lowest BCUT2D eigenvalue weighted by atomic mass is 10.1. The Hall–Kier alpha value is -0.303. The van der Waals surface area contributed by atoms with Crippen LogP contribution < -0.4 is 0 Å². The lowest BCUT2D eigenvalue weighted by Crippen LogP contribution is -1.99. The zero-order valence-electron chi connectivity index (χ0n) is 9.78. The third-order valence-corrected chi connectivity index (χ3v) is 6.00. The first-order chi connectivity index (χ1) is 7.23. The van der Waals surface area contributed by atoms with Crippen molar-refractivity contribution >= 4 is 10.2 Å². The van der Waals surface area contributed by atoms with E-state index in [1.54, 1.807) is 0 Å². The molecule has 0 heterocycles. The Morgan fingerprint density at radius 2 is 1.67 bits per heavy atom. The van der Waals surface area contributed by atoms with E-state index in [0.29, 0.717) is 0 Å². The van der Waals surface area contributed by atoms with E-state index in [4.69, 9.17) is 0 Å². The van der Waals surface area contributed by atoms with E-state index in [1.807, 2.05) is 0 Å². The number of hydrogen-bond acceptors (Lipinski definition) is 0. The van der Waals surface area contributed by atoms with Crippen molar-refractivity contribution in [1.29, 1.82) is 0 Å². The maximum atomic E-state index is 2.47. The normalized spacial score (nSPS) is 48.7. The second kappa shape index (κ2) is 3.62. The second-order valence-corrected chi connectivity index (χ2v) is 8.23. The predicted octanol–water partition coefficient (Wildman–Crippen LogP) is 2.85. The van der Waals surface area contributed by atoms with Crippen LogP contribution in [0, 0.1) is 17.8 Å². The molecule has 0 aromatic rings.